The van der Waals surface area contributed by atoms with Gasteiger partial charge in [-0.3, -0.25) is 10.1 Å². The van der Waals surface area contributed by atoms with E-state index in [4.69, 9.17) is 4.74 Å². The first-order chi connectivity index (χ1) is 8.11. The van der Waals surface area contributed by atoms with Crippen molar-refractivity contribution in [2.24, 2.45) is 0 Å². The van der Waals surface area contributed by atoms with Crippen molar-refractivity contribution in [2.45, 2.75) is 6.54 Å². The molecule has 1 aliphatic heterocycles. The molecule has 5 nitrogen and oxygen atoms in total. The van der Waals surface area contributed by atoms with Crippen LogP contribution < -0.4 is 10.1 Å². The zero-order valence-corrected chi connectivity index (χ0v) is 9.20. The summed E-state index contributed by atoms with van der Waals surface area (Å²) in [5.74, 6) is -0.770. The van der Waals surface area contributed by atoms with Gasteiger partial charge in [-0.05, 0) is 6.07 Å². The van der Waals surface area contributed by atoms with Crippen molar-refractivity contribution in [1.29, 1.82) is 0 Å². The van der Waals surface area contributed by atoms with Crippen LogP contribution >= 0.6 is 0 Å². The fraction of sp³-hybridized carbons (Fsp3) is 0.273. The zero-order chi connectivity index (χ0) is 12.4. The zero-order valence-electron chi connectivity index (χ0n) is 9.20. The molecule has 1 saturated heterocycles. The minimum atomic E-state index is -0.512. The fourth-order valence-electron chi connectivity index (χ4n) is 1.65. The van der Waals surface area contributed by atoms with Crippen LogP contribution in [0.1, 0.15) is 5.56 Å². The van der Waals surface area contributed by atoms with Crippen LogP contribution in [0.4, 0.5) is 9.18 Å². The smallest absolute Gasteiger partial charge is 0.324 e. The Kier molecular flexibility index (Phi) is 2.95. The summed E-state index contributed by atoms with van der Waals surface area (Å²) in [6, 6.07) is 4.17. The molecule has 0 atom stereocenters. The molecule has 0 aromatic heterocycles. The van der Waals surface area contributed by atoms with Gasteiger partial charge in [0.1, 0.15) is 6.54 Å². The Morgan fingerprint density at radius 2 is 2.24 bits per heavy atom. The van der Waals surface area contributed by atoms with E-state index >= 15 is 0 Å². The van der Waals surface area contributed by atoms with Crippen molar-refractivity contribution in [3.63, 3.8) is 0 Å². The van der Waals surface area contributed by atoms with Gasteiger partial charge >= 0.3 is 6.03 Å². The summed E-state index contributed by atoms with van der Waals surface area (Å²) >= 11 is 0. The van der Waals surface area contributed by atoms with Crippen molar-refractivity contribution >= 4 is 11.9 Å². The van der Waals surface area contributed by atoms with Gasteiger partial charge in [-0.15, -0.1) is 0 Å². The molecule has 0 radical (unpaired) electrons. The molecule has 6 heteroatoms. The lowest BCUT2D eigenvalue weighted by Gasteiger charge is -2.14. The summed E-state index contributed by atoms with van der Waals surface area (Å²) in [5, 5.41) is 2.13. The standard InChI is InChI=1S/C11H11FN2O3/c1-17-8-4-2-3-7(10(8)12)5-14-6-9(15)13-11(14)16/h2-4H,5-6H2,1H3,(H,13,15,16). The van der Waals surface area contributed by atoms with Crippen LogP contribution in [0.2, 0.25) is 0 Å². The quantitative estimate of drug-likeness (QED) is 0.795. The van der Waals surface area contributed by atoms with E-state index in [2.05, 4.69) is 5.32 Å². The number of halogens is 1. The number of urea groups is 1. The van der Waals surface area contributed by atoms with E-state index in [1.165, 1.54) is 18.1 Å². The number of nitrogens with zero attached hydrogens (tertiary/aromatic N) is 1. The highest BCUT2D eigenvalue weighted by Crippen LogP contribution is 2.21. The second-order valence-electron chi connectivity index (χ2n) is 3.64. The number of rotatable bonds is 3. The SMILES string of the molecule is COc1cccc(CN2CC(=O)NC2=O)c1F. The predicted octanol–water partition coefficient (Wildman–Crippen LogP) is 0.886. The highest BCUT2D eigenvalue weighted by atomic mass is 19.1. The number of benzene rings is 1. The molecule has 2 rings (SSSR count). The van der Waals surface area contributed by atoms with Crippen LogP contribution in [0.15, 0.2) is 18.2 Å². The average molecular weight is 238 g/mol. The highest BCUT2D eigenvalue weighted by molar-refractivity contribution is 6.01. The Bertz CT molecular complexity index is 476. The number of carbonyl (C=O) groups excluding carboxylic acids is 2. The van der Waals surface area contributed by atoms with Gasteiger partial charge in [0.15, 0.2) is 11.6 Å². The molecule has 1 N–H and O–H groups in total. The normalized spacial score (nSPS) is 15.1. The molecule has 1 fully saturated rings. The van der Waals surface area contributed by atoms with E-state index in [-0.39, 0.29) is 24.7 Å². The lowest BCUT2D eigenvalue weighted by atomic mass is 10.2. The number of ether oxygens (including phenoxy) is 1. The third-order valence-electron chi connectivity index (χ3n) is 2.49. The maximum atomic E-state index is 13.8. The topological polar surface area (TPSA) is 58.6 Å². The molecular weight excluding hydrogens is 227 g/mol. The maximum absolute atomic E-state index is 13.8. The minimum Gasteiger partial charge on any atom is -0.494 e. The Morgan fingerprint density at radius 1 is 1.47 bits per heavy atom. The number of imide groups is 1. The molecule has 1 aromatic rings. The third-order valence-corrected chi connectivity index (χ3v) is 2.49. The minimum absolute atomic E-state index is 0.0423. The van der Waals surface area contributed by atoms with E-state index < -0.39 is 11.8 Å². The lowest BCUT2D eigenvalue weighted by molar-refractivity contribution is -0.118. The number of hydrogen-bond donors (Lipinski definition) is 1. The molecule has 17 heavy (non-hydrogen) atoms. The van der Waals surface area contributed by atoms with Crippen LogP contribution in [0.25, 0.3) is 0 Å². The Labute approximate surface area is 97.2 Å². The number of amides is 3. The van der Waals surface area contributed by atoms with E-state index in [1.54, 1.807) is 12.1 Å². The van der Waals surface area contributed by atoms with E-state index in [1.807, 2.05) is 0 Å². The molecule has 1 aliphatic rings. The largest absolute Gasteiger partial charge is 0.494 e. The van der Waals surface area contributed by atoms with Crippen LogP contribution in [-0.2, 0) is 11.3 Å². The molecule has 0 spiro atoms. The van der Waals surface area contributed by atoms with E-state index in [0.717, 1.165) is 0 Å². The van der Waals surface area contributed by atoms with Gasteiger partial charge in [0, 0.05) is 5.56 Å². The third kappa shape index (κ3) is 2.20. The highest BCUT2D eigenvalue weighted by Gasteiger charge is 2.27. The first-order valence-electron chi connectivity index (χ1n) is 5.02. The van der Waals surface area contributed by atoms with Gasteiger partial charge < -0.3 is 9.64 Å². The van der Waals surface area contributed by atoms with Crippen molar-refractivity contribution in [2.75, 3.05) is 13.7 Å². The summed E-state index contributed by atoms with van der Waals surface area (Å²) in [6.45, 7) is -0.00388. The van der Waals surface area contributed by atoms with Crippen molar-refractivity contribution in [3.05, 3.63) is 29.6 Å². The molecule has 0 saturated carbocycles. The van der Waals surface area contributed by atoms with E-state index in [9.17, 15) is 14.0 Å². The predicted molar refractivity (Wildman–Crippen MR) is 56.9 cm³/mol. The molecule has 3 amide bonds. The molecule has 90 valence electrons. The number of hydrogen-bond acceptors (Lipinski definition) is 3. The van der Waals surface area contributed by atoms with Gasteiger partial charge in [0.25, 0.3) is 0 Å². The summed E-state index contributed by atoms with van der Waals surface area (Å²) in [6.07, 6.45) is 0. The monoisotopic (exact) mass is 238 g/mol. The van der Waals surface area contributed by atoms with E-state index in [0.29, 0.717) is 5.56 Å². The maximum Gasteiger partial charge on any atom is 0.324 e. The van der Waals surface area contributed by atoms with Crippen molar-refractivity contribution in [1.82, 2.24) is 10.2 Å². The first kappa shape index (κ1) is 11.4. The molecule has 0 aliphatic carbocycles. The fourth-order valence-corrected chi connectivity index (χ4v) is 1.65. The first-order valence-corrected chi connectivity index (χ1v) is 5.02. The summed E-state index contributed by atoms with van der Waals surface area (Å²) in [5.41, 5.74) is 0.314. The van der Waals surface area contributed by atoms with Gasteiger partial charge in [0.2, 0.25) is 5.91 Å². The molecule has 1 heterocycles. The van der Waals surface area contributed by atoms with Crippen LogP contribution in [-0.4, -0.2) is 30.5 Å². The van der Waals surface area contributed by atoms with Gasteiger partial charge in [-0.1, -0.05) is 12.1 Å². The van der Waals surface area contributed by atoms with Crippen LogP contribution in [0.3, 0.4) is 0 Å². The second-order valence-corrected chi connectivity index (χ2v) is 3.64. The summed E-state index contributed by atoms with van der Waals surface area (Å²) < 4.78 is 18.6. The Balaban J connectivity index is 2.19. The lowest BCUT2D eigenvalue weighted by Crippen LogP contribution is -2.28. The molecular formula is C11H11FN2O3. The summed E-state index contributed by atoms with van der Waals surface area (Å²) in [4.78, 5) is 23.5. The van der Waals surface area contributed by atoms with Gasteiger partial charge in [-0.25, -0.2) is 9.18 Å². The van der Waals surface area contributed by atoms with Gasteiger partial charge in [-0.2, -0.15) is 0 Å². The number of methoxy groups -OCH3 is 1. The summed E-state index contributed by atoms with van der Waals surface area (Å²) in [7, 11) is 1.37. The number of nitrogens with one attached hydrogen (secondary N) is 1. The second kappa shape index (κ2) is 4.40. The Morgan fingerprint density at radius 3 is 2.82 bits per heavy atom. The van der Waals surface area contributed by atoms with Crippen LogP contribution in [0, 0.1) is 5.82 Å². The molecule has 0 unspecified atom stereocenters. The van der Waals surface area contributed by atoms with Gasteiger partial charge in [0.05, 0.1) is 13.7 Å². The molecule has 0 bridgehead atoms. The van der Waals surface area contributed by atoms with Crippen LogP contribution in [0.5, 0.6) is 5.75 Å². The number of carbonyl (C=O) groups is 2. The average Bonchev–Trinajstić information content (AvgIpc) is 2.60. The van der Waals surface area contributed by atoms with Crippen molar-refractivity contribution < 1.29 is 18.7 Å². The Hall–Kier alpha value is -2.11. The van der Waals surface area contributed by atoms with Crippen molar-refractivity contribution in [3.8, 4) is 5.75 Å². The molecule has 1 aromatic carbocycles.